The van der Waals surface area contributed by atoms with Crippen LogP contribution < -0.4 is 5.48 Å². The van der Waals surface area contributed by atoms with Gasteiger partial charge in [0.25, 0.3) is 0 Å². The topological polar surface area (TPSA) is 38.3 Å². The van der Waals surface area contributed by atoms with Crippen LogP contribution in [0, 0.1) is 0 Å². The van der Waals surface area contributed by atoms with Crippen molar-refractivity contribution in [2.75, 3.05) is 5.48 Å². The molecule has 0 saturated heterocycles. The average molecular weight is 177 g/mol. The predicted molar refractivity (Wildman–Crippen MR) is 51.0 cm³/mol. The standard InChI is InChI=1S/C10H11NO2/c1-2-6-10(12)13-11-9-7-4-3-5-8-9/h2-8,11H,1H3. The molecule has 0 heterocycles. The lowest BCUT2D eigenvalue weighted by Gasteiger charge is -2.03. The number of benzene rings is 1. The first-order chi connectivity index (χ1) is 6.33. The number of carbonyl (C=O) groups is 1. The Morgan fingerprint density at radius 3 is 2.69 bits per heavy atom. The highest BCUT2D eigenvalue weighted by atomic mass is 16.7. The van der Waals surface area contributed by atoms with Crippen molar-refractivity contribution < 1.29 is 9.63 Å². The number of anilines is 1. The highest BCUT2D eigenvalue weighted by Gasteiger charge is 1.95. The van der Waals surface area contributed by atoms with Crippen molar-refractivity contribution in [1.29, 1.82) is 0 Å². The van der Waals surface area contributed by atoms with Gasteiger partial charge < -0.3 is 4.84 Å². The molecule has 0 aliphatic carbocycles. The molecule has 0 saturated carbocycles. The summed E-state index contributed by atoms with van der Waals surface area (Å²) in [6, 6.07) is 9.21. The molecule has 1 rings (SSSR count). The van der Waals surface area contributed by atoms with Crippen LogP contribution in [0.5, 0.6) is 0 Å². The Balaban J connectivity index is 2.40. The van der Waals surface area contributed by atoms with Crippen molar-refractivity contribution in [3.63, 3.8) is 0 Å². The maximum atomic E-state index is 10.8. The van der Waals surface area contributed by atoms with Gasteiger partial charge in [0.2, 0.25) is 0 Å². The number of nitrogens with one attached hydrogen (secondary N) is 1. The molecule has 0 radical (unpaired) electrons. The third-order valence-electron chi connectivity index (χ3n) is 1.35. The van der Waals surface area contributed by atoms with Crippen molar-refractivity contribution >= 4 is 11.7 Å². The van der Waals surface area contributed by atoms with Crippen LogP contribution in [0.1, 0.15) is 6.92 Å². The number of rotatable bonds is 3. The van der Waals surface area contributed by atoms with Crippen LogP contribution >= 0.6 is 0 Å². The average Bonchev–Trinajstić information content (AvgIpc) is 2.17. The molecule has 0 fully saturated rings. The molecule has 0 aliphatic heterocycles. The fourth-order valence-corrected chi connectivity index (χ4v) is 0.786. The van der Waals surface area contributed by atoms with Gasteiger partial charge in [0, 0.05) is 6.08 Å². The SMILES string of the molecule is CC=CC(=O)ONc1ccccc1. The summed E-state index contributed by atoms with van der Waals surface area (Å²) >= 11 is 0. The quantitative estimate of drug-likeness (QED) is 0.567. The molecular formula is C10H11NO2. The van der Waals surface area contributed by atoms with Gasteiger partial charge in [0.15, 0.2) is 0 Å². The number of carbonyl (C=O) groups excluding carboxylic acids is 1. The second kappa shape index (κ2) is 4.98. The Morgan fingerprint density at radius 1 is 1.38 bits per heavy atom. The van der Waals surface area contributed by atoms with Gasteiger partial charge in [-0.25, -0.2) is 10.3 Å². The predicted octanol–water partition coefficient (Wildman–Crippen LogP) is 2.13. The summed E-state index contributed by atoms with van der Waals surface area (Å²) in [6.45, 7) is 1.75. The molecule has 0 atom stereocenters. The van der Waals surface area contributed by atoms with Crippen molar-refractivity contribution in [1.82, 2.24) is 0 Å². The van der Waals surface area contributed by atoms with Gasteiger partial charge in [-0.2, -0.15) is 0 Å². The van der Waals surface area contributed by atoms with E-state index >= 15 is 0 Å². The van der Waals surface area contributed by atoms with E-state index in [0.29, 0.717) is 0 Å². The Hall–Kier alpha value is -1.77. The summed E-state index contributed by atoms with van der Waals surface area (Å²) in [5.41, 5.74) is 3.28. The molecule has 0 bridgehead atoms. The molecule has 68 valence electrons. The highest BCUT2D eigenvalue weighted by Crippen LogP contribution is 2.04. The van der Waals surface area contributed by atoms with E-state index in [1.807, 2.05) is 30.3 Å². The Bertz CT molecular complexity index is 293. The second-order valence-electron chi connectivity index (χ2n) is 2.39. The van der Waals surface area contributed by atoms with Crippen LogP contribution in [0.3, 0.4) is 0 Å². The smallest absolute Gasteiger partial charge is 0.339 e. The summed E-state index contributed by atoms with van der Waals surface area (Å²) in [4.78, 5) is 15.5. The van der Waals surface area contributed by atoms with Gasteiger partial charge in [-0.05, 0) is 19.1 Å². The number of hydrogen-bond donors (Lipinski definition) is 1. The first kappa shape index (κ1) is 9.32. The summed E-state index contributed by atoms with van der Waals surface area (Å²) in [7, 11) is 0. The monoisotopic (exact) mass is 177 g/mol. The van der Waals surface area contributed by atoms with Gasteiger partial charge in [0.1, 0.15) is 0 Å². The first-order valence-electron chi connectivity index (χ1n) is 3.97. The summed E-state index contributed by atoms with van der Waals surface area (Å²) < 4.78 is 0. The molecule has 1 N–H and O–H groups in total. The van der Waals surface area contributed by atoms with E-state index in [0.717, 1.165) is 5.69 Å². The molecule has 0 unspecified atom stereocenters. The normalized spacial score (nSPS) is 9.92. The maximum absolute atomic E-state index is 10.8. The molecule has 13 heavy (non-hydrogen) atoms. The van der Waals surface area contributed by atoms with Crippen molar-refractivity contribution in [2.45, 2.75) is 6.92 Å². The van der Waals surface area contributed by atoms with Gasteiger partial charge in [-0.1, -0.05) is 24.3 Å². The molecule has 0 spiro atoms. The Kier molecular flexibility index (Phi) is 3.57. The van der Waals surface area contributed by atoms with E-state index in [1.165, 1.54) is 6.08 Å². The highest BCUT2D eigenvalue weighted by molar-refractivity contribution is 5.82. The molecule has 0 aromatic heterocycles. The molecule has 3 heteroatoms. The van der Waals surface area contributed by atoms with Crippen LogP contribution in [0.2, 0.25) is 0 Å². The number of allylic oxidation sites excluding steroid dienone is 1. The van der Waals surface area contributed by atoms with Crippen molar-refractivity contribution in [3.8, 4) is 0 Å². The second-order valence-corrected chi connectivity index (χ2v) is 2.39. The summed E-state index contributed by atoms with van der Waals surface area (Å²) in [5.74, 6) is -0.411. The maximum Gasteiger partial charge on any atom is 0.355 e. The van der Waals surface area contributed by atoms with Gasteiger partial charge >= 0.3 is 5.97 Å². The minimum Gasteiger partial charge on any atom is -0.339 e. The molecule has 3 nitrogen and oxygen atoms in total. The van der Waals surface area contributed by atoms with E-state index in [9.17, 15) is 4.79 Å². The summed E-state index contributed by atoms with van der Waals surface area (Å²) in [5, 5.41) is 0. The minimum absolute atomic E-state index is 0.411. The number of para-hydroxylation sites is 1. The zero-order valence-electron chi connectivity index (χ0n) is 7.36. The van der Waals surface area contributed by atoms with Crippen LogP contribution in [0.25, 0.3) is 0 Å². The lowest BCUT2D eigenvalue weighted by atomic mass is 10.3. The third kappa shape index (κ3) is 3.42. The molecule has 1 aromatic carbocycles. The van der Waals surface area contributed by atoms with E-state index < -0.39 is 5.97 Å². The molecular weight excluding hydrogens is 166 g/mol. The van der Waals surface area contributed by atoms with Gasteiger partial charge in [-0.3, -0.25) is 0 Å². The van der Waals surface area contributed by atoms with E-state index in [4.69, 9.17) is 4.84 Å². The molecule has 0 amide bonds. The Morgan fingerprint density at radius 2 is 2.08 bits per heavy atom. The van der Waals surface area contributed by atoms with Crippen LogP contribution in [-0.4, -0.2) is 5.97 Å². The Labute approximate surface area is 77.0 Å². The van der Waals surface area contributed by atoms with E-state index in [-0.39, 0.29) is 0 Å². The third-order valence-corrected chi connectivity index (χ3v) is 1.35. The molecule has 0 aliphatic rings. The van der Waals surface area contributed by atoms with Gasteiger partial charge in [-0.15, -0.1) is 0 Å². The van der Waals surface area contributed by atoms with Crippen LogP contribution in [0.15, 0.2) is 42.5 Å². The molecule has 1 aromatic rings. The summed E-state index contributed by atoms with van der Waals surface area (Å²) in [6.07, 6.45) is 2.96. The zero-order valence-corrected chi connectivity index (χ0v) is 7.36. The lowest BCUT2D eigenvalue weighted by molar-refractivity contribution is -0.134. The largest absolute Gasteiger partial charge is 0.355 e. The van der Waals surface area contributed by atoms with Gasteiger partial charge in [0.05, 0.1) is 5.69 Å². The fraction of sp³-hybridized carbons (Fsp3) is 0.100. The minimum atomic E-state index is -0.411. The lowest BCUT2D eigenvalue weighted by Crippen LogP contribution is -2.07. The van der Waals surface area contributed by atoms with Crippen LogP contribution in [0.4, 0.5) is 5.69 Å². The van der Waals surface area contributed by atoms with E-state index in [2.05, 4.69) is 5.48 Å². The van der Waals surface area contributed by atoms with Crippen molar-refractivity contribution in [2.24, 2.45) is 0 Å². The zero-order chi connectivity index (χ0) is 9.52. The van der Waals surface area contributed by atoms with Crippen molar-refractivity contribution in [3.05, 3.63) is 42.5 Å². The van der Waals surface area contributed by atoms with E-state index in [1.54, 1.807) is 13.0 Å². The first-order valence-corrected chi connectivity index (χ1v) is 3.97. The number of hydrogen-bond acceptors (Lipinski definition) is 3. The van der Waals surface area contributed by atoms with Crippen LogP contribution in [-0.2, 0) is 9.63 Å². The fourth-order valence-electron chi connectivity index (χ4n) is 0.786.